The Kier molecular flexibility index (Phi) is 6.47. The van der Waals surface area contributed by atoms with Crippen molar-refractivity contribution in [1.29, 1.82) is 0 Å². The van der Waals surface area contributed by atoms with Crippen molar-refractivity contribution in [2.75, 3.05) is 0 Å². The molecule has 1 atom stereocenters. The highest BCUT2D eigenvalue weighted by Crippen LogP contribution is 2.16. The molecule has 1 unspecified atom stereocenters. The summed E-state index contributed by atoms with van der Waals surface area (Å²) in [5, 5.41) is 0.138. The molecule has 0 aromatic heterocycles. The van der Waals surface area contributed by atoms with Gasteiger partial charge in [0.15, 0.2) is 0 Å². The molecule has 90 valence electrons. The monoisotopic (exact) mass is 242 g/mol. The molecule has 0 saturated carbocycles. The maximum Gasteiger partial charge on any atom is 0.123 e. The van der Waals surface area contributed by atoms with Gasteiger partial charge in [-0.05, 0) is 30.5 Å². The summed E-state index contributed by atoms with van der Waals surface area (Å²) in [6.45, 7) is 2.20. The van der Waals surface area contributed by atoms with Crippen LogP contribution in [0.5, 0.6) is 0 Å². The first-order valence-corrected chi connectivity index (χ1v) is 6.54. The Morgan fingerprint density at radius 2 is 2.06 bits per heavy atom. The van der Waals surface area contributed by atoms with Crippen molar-refractivity contribution >= 4 is 11.6 Å². The summed E-state index contributed by atoms with van der Waals surface area (Å²) in [6, 6.07) is 6.71. The molecule has 0 heterocycles. The molecule has 0 amide bonds. The number of hydrogen-bond acceptors (Lipinski definition) is 0. The van der Waals surface area contributed by atoms with Gasteiger partial charge < -0.3 is 0 Å². The second-order valence-electron chi connectivity index (χ2n) is 4.28. The Morgan fingerprint density at radius 1 is 1.25 bits per heavy atom. The summed E-state index contributed by atoms with van der Waals surface area (Å²) in [5.41, 5.74) is 0.996. The van der Waals surface area contributed by atoms with Crippen molar-refractivity contribution in [1.82, 2.24) is 0 Å². The van der Waals surface area contributed by atoms with Gasteiger partial charge in [-0.25, -0.2) is 4.39 Å². The molecule has 0 nitrogen and oxygen atoms in total. The van der Waals surface area contributed by atoms with Gasteiger partial charge in [0, 0.05) is 5.38 Å². The van der Waals surface area contributed by atoms with E-state index in [1.807, 2.05) is 6.07 Å². The van der Waals surface area contributed by atoms with E-state index in [1.54, 1.807) is 12.1 Å². The highest BCUT2D eigenvalue weighted by Gasteiger charge is 2.06. The van der Waals surface area contributed by atoms with Crippen molar-refractivity contribution in [3.05, 3.63) is 35.6 Å². The highest BCUT2D eigenvalue weighted by molar-refractivity contribution is 6.20. The summed E-state index contributed by atoms with van der Waals surface area (Å²) in [5.74, 6) is -0.174. The number of halogens is 2. The third-order valence-electron chi connectivity index (χ3n) is 2.72. The predicted molar refractivity (Wildman–Crippen MR) is 68.5 cm³/mol. The van der Waals surface area contributed by atoms with Crippen LogP contribution in [0.25, 0.3) is 0 Å². The fourth-order valence-electron chi connectivity index (χ4n) is 1.81. The van der Waals surface area contributed by atoms with Crippen LogP contribution in [0, 0.1) is 5.82 Å². The largest absolute Gasteiger partial charge is 0.207 e. The summed E-state index contributed by atoms with van der Waals surface area (Å²) < 4.78 is 12.9. The molecule has 0 aliphatic heterocycles. The zero-order valence-corrected chi connectivity index (χ0v) is 10.6. The van der Waals surface area contributed by atoms with E-state index in [2.05, 4.69) is 6.92 Å². The van der Waals surface area contributed by atoms with Gasteiger partial charge in [0.2, 0.25) is 0 Å². The van der Waals surface area contributed by atoms with Crippen LogP contribution in [-0.4, -0.2) is 5.38 Å². The average Bonchev–Trinajstić information content (AvgIpc) is 2.24. The van der Waals surface area contributed by atoms with Gasteiger partial charge in [-0.3, -0.25) is 0 Å². The van der Waals surface area contributed by atoms with Gasteiger partial charge in [-0.1, -0.05) is 44.7 Å². The molecule has 0 radical (unpaired) electrons. The van der Waals surface area contributed by atoms with E-state index in [1.165, 1.54) is 31.7 Å². The minimum Gasteiger partial charge on any atom is -0.207 e. The van der Waals surface area contributed by atoms with Crippen molar-refractivity contribution < 1.29 is 4.39 Å². The van der Waals surface area contributed by atoms with Crippen LogP contribution < -0.4 is 0 Å². The van der Waals surface area contributed by atoms with Crippen LogP contribution in [0.2, 0.25) is 0 Å². The average molecular weight is 243 g/mol. The van der Waals surface area contributed by atoms with E-state index in [0.717, 1.165) is 18.4 Å². The topological polar surface area (TPSA) is 0 Å². The Balaban J connectivity index is 2.25. The maximum atomic E-state index is 12.9. The Labute approximate surface area is 103 Å². The van der Waals surface area contributed by atoms with Gasteiger partial charge in [0.05, 0.1) is 0 Å². The number of unbranched alkanes of at least 4 members (excludes halogenated alkanes) is 3. The second kappa shape index (κ2) is 7.67. The number of alkyl halides is 1. The molecule has 0 aliphatic rings. The molecular formula is C14H20ClF. The lowest BCUT2D eigenvalue weighted by molar-refractivity contribution is 0.606. The van der Waals surface area contributed by atoms with Crippen molar-refractivity contribution in [3.63, 3.8) is 0 Å². The standard InChI is InChI=1S/C14H20ClF/c1-2-3-4-5-8-13(15)10-12-7-6-9-14(16)11-12/h6-7,9,11,13H,2-5,8,10H2,1H3. The van der Waals surface area contributed by atoms with E-state index in [0.29, 0.717) is 0 Å². The first-order valence-electron chi connectivity index (χ1n) is 6.11. The van der Waals surface area contributed by atoms with Gasteiger partial charge in [-0.15, -0.1) is 11.6 Å². The SMILES string of the molecule is CCCCCCC(Cl)Cc1cccc(F)c1. The summed E-state index contributed by atoms with van der Waals surface area (Å²) in [6.07, 6.45) is 6.75. The maximum absolute atomic E-state index is 12.9. The molecular weight excluding hydrogens is 223 g/mol. The van der Waals surface area contributed by atoms with E-state index in [-0.39, 0.29) is 11.2 Å². The van der Waals surface area contributed by atoms with Crippen LogP contribution in [0.15, 0.2) is 24.3 Å². The Bertz CT molecular complexity index is 299. The smallest absolute Gasteiger partial charge is 0.123 e. The van der Waals surface area contributed by atoms with Crippen molar-refractivity contribution in [3.8, 4) is 0 Å². The summed E-state index contributed by atoms with van der Waals surface area (Å²) in [7, 11) is 0. The van der Waals surface area contributed by atoms with Crippen LogP contribution in [-0.2, 0) is 6.42 Å². The molecule has 0 spiro atoms. The molecule has 1 aromatic rings. The summed E-state index contributed by atoms with van der Waals surface area (Å²) >= 11 is 6.22. The van der Waals surface area contributed by atoms with E-state index in [9.17, 15) is 4.39 Å². The van der Waals surface area contributed by atoms with Crippen LogP contribution in [0.3, 0.4) is 0 Å². The number of hydrogen-bond donors (Lipinski definition) is 0. The first-order chi connectivity index (χ1) is 7.72. The number of rotatable bonds is 7. The minimum atomic E-state index is -0.174. The quantitative estimate of drug-likeness (QED) is 0.469. The van der Waals surface area contributed by atoms with Crippen LogP contribution >= 0.6 is 11.6 Å². The van der Waals surface area contributed by atoms with Gasteiger partial charge in [0.25, 0.3) is 0 Å². The first kappa shape index (κ1) is 13.5. The zero-order valence-electron chi connectivity index (χ0n) is 9.89. The molecule has 1 aromatic carbocycles. The third kappa shape index (κ3) is 5.50. The second-order valence-corrected chi connectivity index (χ2v) is 4.90. The van der Waals surface area contributed by atoms with Gasteiger partial charge >= 0.3 is 0 Å². The lowest BCUT2D eigenvalue weighted by atomic mass is 10.0. The molecule has 16 heavy (non-hydrogen) atoms. The lowest BCUT2D eigenvalue weighted by Gasteiger charge is -2.09. The molecule has 1 rings (SSSR count). The molecule has 0 fully saturated rings. The fraction of sp³-hybridized carbons (Fsp3) is 0.571. The molecule has 0 aliphatic carbocycles. The van der Waals surface area contributed by atoms with E-state index >= 15 is 0 Å². The van der Waals surface area contributed by atoms with E-state index < -0.39 is 0 Å². The van der Waals surface area contributed by atoms with Crippen LogP contribution in [0.1, 0.15) is 44.6 Å². The third-order valence-corrected chi connectivity index (χ3v) is 3.09. The molecule has 0 N–H and O–H groups in total. The van der Waals surface area contributed by atoms with Gasteiger partial charge in [-0.2, -0.15) is 0 Å². The lowest BCUT2D eigenvalue weighted by Crippen LogP contribution is -2.03. The van der Waals surface area contributed by atoms with E-state index in [4.69, 9.17) is 11.6 Å². The Morgan fingerprint density at radius 3 is 2.75 bits per heavy atom. The predicted octanol–water partition coefficient (Wildman–Crippen LogP) is 4.95. The highest BCUT2D eigenvalue weighted by atomic mass is 35.5. The number of benzene rings is 1. The Hall–Kier alpha value is -0.560. The van der Waals surface area contributed by atoms with Crippen molar-refractivity contribution in [2.45, 2.75) is 50.8 Å². The molecule has 2 heteroatoms. The zero-order chi connectivity index (χ0) is 11.8. The van der Waals surface area contributed by atoms with Gasteiger partial charge in [0.1, 0.15) is 5.82 Å². The normalized spacial score (nSPS) is 12.7. The minimum absolute atomic E-state index is 0.138. The summed E-state index contributed by atoms with van der Waals surface area (Å²) in [4.78, 5) is 0. The molecule has 0 saturated heterocycles. The van der Waals surface area contributed by atoms with Crippen LogP contribution in [0.4, 0.5) is 4.39 Å². The molecule has 0 bridgehead atoms. The fourth-order valence-corrected chi connectivity index (χ4v) is 2.15. The van der Waals surface area contributed by atoms with Crippen molar-refractivity contribution in [2.24, 2.45) is 0 Å².